The fraction of sp³-hybridized carbons (Fsp3) is 0.444. The molecule has 2 aliphatic rings. The number of fused-ring (bicyclic) bond motifs is 1. The number of imidazole rings is 1. The molecule has 1 aromatic carbocycles. The Morgan fingerprint density at radius 2 is 1.96 bits per heavy atom. The van der Waals surface area contributed by atoms with Crippen molar-refractivity contribution in [3.05, 3.63) is 36.3 Å². The second-order valence-electron chi connectivity index (χ2n) is 6.75. The summed E-state index contributed by atoms with van der Waals surface area (Å²) in [6.07, 6.45) is 4.97. The Bertz CT molecular complexity index is 772. The van der Waals surface area contributed by atoms with E-state index in [9.17, 15) is 13.6 Å². The number of aromatic nitrogens is 2. The first-order valence-electron chi connectivity index (χ1n) is 8.59. The van der Waals surface area contributed by atoms with E-state index < -0.39 is 30.8 Å². The van der Waals surface area contributed by atoms with Crippen LogP contribution in [0.5, 0.6) is 0 Å². The minimum Gasteiger partial charge on any atom is -0.334 e. The smallest absolute Gasteiger partial charge is 0.262 e. The topological polar surface area (TPSA) is 59.0 Å². The fourth-order valence-corrected chi connectivity index (χ4v) is 3.41. The molecule has 1 amide bonds. The molecule has 1 unspecified atom stereocenters. The van der Waals surface area contributed by atoms with Gasteiger partial charge in [0.15, 0.2) is 0 Å². The van der Waals surface area contributed by atoms with E-state index in [2.05, 4.69) is 26.4 Å². The molecule has 1 fully saturated rings. The number of rotatable bonds is 3. The average Bonchev–Trinajstić information content (AvgIpc) is 3.18. The zero-order chi connectivity index (χ0) is 17.4. The predicted molar refractivity (Wildman–Crippen MR) is 105 cm³/mol. The summed E-state index contributed by atoms with van der Waals surface area (Å²) in [6.45, 7) is 0.560. The minimum atomic E-state index is -2.81. The van der Waals surface area contributed by atoms with Gasteiger partial charge in [-0.25, -0.2) is 13.8 Å². The van der Waals surface area contributed by atoms with E-state index in [1.165, 1.54) is 12.8 Å². The highest BCUT2D eigenvalue weighted by atomic mass is 35.5. The van der Waals surface area contributed by atoms with Gasteiger partial charge >= 0.3 is 0 Å². The van der Waals surface area contributed by atoms with Crippen molar-refractivity contribution in [1.82, 2.24) is 14.9 Å². The molecule has 2 aliphatic heterocycles. The number of carbonyl (C=O) groups is 1. The van der Waals surface area contributed by atoms with Crippen LogP contribution in [0.1, 0.15) is 25.1 Å². The molecule has 148 valence electrons. The van der Waals surface area contributed by atoms with Gasteiger partial charge in [-0.15, -0.1) is 24.8 Å². The quantitative estimate of drug-likeness (QED) is 0.799. The lowest BCUT2D eigenvalue weighted by atomic mass is 10.1. The summed E-state index contributed by atoms with van der Waals surface area (Å²) < 4.78 is 28.6. The molecule has 9 heteroatoms. The van der Waals surface area contributed by atoms with Crippen LogP contribution in [0.3, 0.4) is 0 Å². The Balaban J connectivity index is 0.00000131. The van der Waals surface area contributed by atoms with Crippen molar-refractivity contribution in [3.63, 3.8) is 0 Å². The van der Waals surface area contributed by atoms with E-state index >= 15 is 0 Å². The molecule has 1 aromatic heterocycles. The molecule has 5 nitrogen and oxygen atoms in total. The number of anilines is 1. The van der Waals surface area contributed by atoms with Gasteiger partial charge in [-0.2, -0.15) is 0 Å². The maximum absolute atomic E-state index is 13.2. The molecule has 2 aromatic rings. The molecule has 27 heavy (non-hydrogen) atoms. The number of halogens is 4. The third-order valence-corrected chi connectivity index (χ3v) is 4.78. The van der Waals surface area contributed by atoms with Crippen molar-refractivity contribution in [2.24, 2.45) is 0 Å². The van der Waals surface area contributed by atoms with Gasteiger partial charge in [0.2, 0.25) is 5.91 Å². The summed E-state index contributed by atoms with van der Waals surface area (Å²) in [7, 11) is 0. The van der Waals surface area contributed by atoms with Gasteiger partial charge < -0.3 is 9.88 Å². The number of amides is 1. The summed E-state index contributed by atoms with van der Waals surface area (Å²) in [6, 6.07) is 6.48. The molecule has 0 radical (unpaired) electrons. The number of benzene rings is 1. The van der Waals surface area contributed by atoms with E-state index in [0.29, 0.717) is 5.69 Å². The first-order valence-corrected chi connectivity index (χ1v) is 8.59. The van der Waals surface area contributed by atoms with Crippen LogP contribution >= 0.6 is 24.8 Å². The standard InChI is InChI=1S/C18H20F2N4O.2ClH/c19-18(20)9-14(21-11-18)17(25)22-13-6-4-12(5-7-13)15-10-24-8-2-1-3-16(24)23-15;;/h4-7,10,14,21H,1-3,8-9,11H2,(H,22,25);2*1H. The van der Waals surface area contributed by atoms with E-state index in [-0.39, 0.29) is 24.8 Å². The fourth-order valence-electron chi connectivity index (χ4n) is 3.41. The summed E-state index contributed by atoms with van der Waals surface area (Å²) >= 11 is 0. The van der Waals surface area contributed by atoms with Gasteiger partial charge in [-0.3, -0.25) is 10.1 Å². The normalized spacial score (nSPS) is 20.1. The lowest BCUT2D eigenvalue weighted by Crippen LogP contribution is -2.35. The molecule has 0 aliphatic carbocycles. The van der Waals surface area contributed by atoms with Crippen LogP contribution in [0.2, 0.25) is 0 Å². The summed E-state index contributed by atoms with van der Waals surface area (Å²) in [5, 5.41) is 5.25. The van der Waals surface area contributed by atoms with Crippen molar-refractivity contribution in [1.29, 1.82) is 0 Å². The molecule has 0 bridgehead atoms. The molecule has 0 saturated carbocycles. The SMILES string of the molecule is Cl.Cl.O=C(Nc1ccc(-c2cn3c(n2)CCCC3)cc1)C1CC(F)(F)CN1. The first-order chi connectivity index (χ1) is 12.0. The van der Waals surface area contributed by atoms with Gasteiger partial charge in [-0.05, 0) is 25.0 Å². The molecule has 0 spiro atoms. The Hall–Kier alpha value is -1.70. The molecule has 1 saturated heterocycles. The van der Waals surface area contributed by atoms with Crippen LogP contribution in [0.25, 0.3) is 11.3 Å². The molecule has 1 atom stereocenters. The Morgan fingerprint density at radius 3 is 2.59 bits per heavy atom. The van der Waals surface area contributed by atoms with E-state index in [1.807, 2.05) is 12.1 Å². The van der Waals surface area contributed by atoms with Crippen LogP contribution < -0.4 is 10.6 Å². The van der Waals surface area contributed by atoms with Gasteiger partial charge in [0, 0.05) is 36.8 Å². The van der Waals surface area contributed by atoms with Crippen LogP contribution in [-0.2, 0) is 17.8 Å². The zero-order valence-corrected chi connectivity index (χ0v) is 16.2. The van der Waals surface area contributed by atoms with Crippen molar-refractivity contribution >= 4 is 36.4 Å². The monoisotopic (exact) mass is 418 g/mol. The zero-order valence-electron chi connectivity index (χ0n) is 14.6. The van der Waals surface area contributed by atoms with Gasteiger partial charge in [0.25, 0.3) is 5.92 Å². The number of nitrogens with one attached hydrogen (secondary N) is 2. The second kappa shape index (κ2) is 8.54. The number of aryl methyl sites for hydroxylation is 2. The molecule has 4 rings (SSSR count). The van der Waals surface area contributed by atoms with Crippen molar-refractivity contribution in [2.75, 3.05) is 11.9 Å². The van der Waals surface area contributed by atoms with Crippen LogP contribution in [0, 0.1) is 0 Å². The summed E-state index contributed by atoms with van der Waals surface area (Å²) in [5.41, 5.74) is 2.49. The third-order valence-electron chi connectivity index (χ3n) is 4.78. The van der Waals surface area contributed by atoms with Crippen LogP contribution in [-0.4, -0.2) is 34.0 Å². The van der Waals surface area contributed by atoms with Crippen molar-refractivity contribution in [3.8, 4) is 11.3 Å². The van der Waals surface area contributed by atoms with E-state index in [0.717, 1.165) is 30.0 Å². The number of nitrogens with zero attached hydrogens (tertiary/aromatic N) is 2. The minimum absolute atomic E-state index is 0. The van der Waals surface area contributed by atoms with E-state index in [4.69, 9.17) is 0 Å². The number of alkyl halides is 2. The molecule has 3 heterocycles. The second-order valence-corrected chi connectivity index (χ2v) is 6.75. The van der Waals surface area contributed by atoms with Crippen molar-refractivity contribution in [2.45, 2.75) is 44.2 Å². The number of hydrogen-bond donors (Lipinski definition) is 2. The number of hydrogen-bond acceptors (Lipinski definition) is 3. The lowest BCUT2D eigenvalue weighted by molar-refractivity contribution is -0.118. The maximum Gasteiger partial charge on any atom is 0.262 e. The van der Waals surface area contributed by atoms with Crippen molar-refractivity contribution < 1.29 is 13.6 Å². The van der Waals surface area contributed by atoms with E-state index in [1.54, 1.807) is 12.1 Å². The summed E-state index contributed by atoms with van der Waals surface area (Å²) in [4.78, 5) is 16.7. The highest BCUT2D eigenvalue weighted by Gasteiger charge is 2.42. The number of carbonyl (C=O) groups excluding carboxylic acids is 1. The van der Waals surface area contributed by atoms with Crippen LogP contribution in [0.4, 0.5) is 14.5 Å². The lowest BCUT2D eigenvalue weighted by Gasteiger charge is -2.11. The largest absolute Gasteiger partial charge is 0.334 e. The molecular formula is C18H22Cl2F2N4O. The predicted octanol–water partition coefficient (Wildman–Crippen LogP) is 3.67. The Kier molecular flexibility index (Phi) is 6.83. The average molecular weight is 419 g/mol. The van der Waals surface area contributed by atoms with Gasteiger partial charge in [0.05, 0.1) is 18.3 Å². The first kappa shape index (κ1) is 21.6. The maximum atomic E-state index is 13.2. The Morgan fingerprint density at radius 1 is 1.22 bits per heavy atom. The van der Waals surface area contributed by atoms with Crippen LogP contribution in [0.15, 0.2) is 30.5 Å². The molecular weight excluding hydrogens is 397 g/mol. The van der Waals surface area contributed by atoms with Gasteiger partial charge in [-0.1, -0.05) is 12.1 Å². The highest BCUT2D eigenvalue weighted by Crippen LogP contribution is 2.27. The third kappa shape index (κ3) is 4.78. The Labute approximate surface area is 168 Å². The summed E-state index contributed by atoms with van der Waals surface area (Å²) in [5.74, 6) is -2.12. The van der Waals surface area contributed by atoms with Gasteiger partial charge in [0.1, 0.15) is 5.82 Å². The molecule has 2 N–H and O–H groups in total. The highest BCUT2D eigenvalue weighted by molar-refractivity contribution is 5.95.